The van der Waals surface area contributed by atoms with Gasteiger partial charge >= 0.3 is 0 Å². The number of hydrogen-bond acceptors (Lipinski definition) is 2. The third-order valence-corrected chi connectivity index (χ3v) is 15.5. The highest BCUT2D eigenvalue weighted by Crippen LogP contribution is 2.41. The van der Waals surface area contributed by atoms with Gasteiger partial charge in [-0.25, -0.2) is 0 Å². The molecule has 3 heteroatoms. The molecule has 240 valence electrons. The van der Waals surface area contributed by atoms with Crippen LogP contribution in [0.3, 0.4) is 0 Å². The molecule has 8 aromatic carbocycles. The standard InChI is InChI=1S/C48H33NOSi/c1-3-13-34(14-4-1)36-23-27-38(28-24-36)49(39-29-25-37(26-30-39)35-15-5-2-6-16-35)40-31-32-44-48(33-40)51(47-22-12-9-19-43(47)50-44)45-20-10-7-17-41(45)42-18-8-11-21-46(42)51/h1-33H. The van der Waals surface area contributed by atoms with Crippen LogP contribution < -0.4 is 30.4 Å². The zero-order chi connectivity index (χ0) is 33.8. The lowest BCUT2D eigenvalue weighted by Gasteiger charge is -2.38. The summed E-state index contributed by atoms with van der Waals surface area (Å²) in [7, 11) is -2.74. The van der Waals surface area contributed by atoms with Crippen LogP contribution in [0.4, 0.5) is 17.1 Å². The molecule has 0 aromatic heterocycles. The molecule has 10 rings (SSSR count). The van der Waals surface area contributed by atoms with E-state index in [-0.39, 0.29) is 0 Å². The average molecular weight is 668 g/mol. The fraction of sp³-hybridized carbons (Fsp3) is 0. The maximum atomic E-state index is 6.79. The molecule has 0 saturated carbocycles. The Balaban J connectivity index is 1.19. The molecule has 0 radical (unpaired) electrons. The fourth-order valence-corrected chi connectivity index (χ4v) is 13.7. The van der Waals surface area contributed by atoms with E-state index >= 15 is 0 Å². The van der Waals surface area contributed by atoms with Gasteiger partial charge in [0.1, 0.15) is 11.5 Å². The molecule has 0 N–H and O–H groups in total. The third-order valence-electron chi connectivity index (χ3n) is 10.6. The molecular weight excluding hydrogens is 635 g/mol. The van der Waals surface area contributed by atoms with E-state index in [9.17, 15) is 0 Å². The van der Waals surface area contributed by atoms with E-state index in [1.807, 2.05) is 0 Å². The van der Waals surface area contributed by atoms with Crippen molar-refractivity contribution in [2.24, 2.45) is 0 Å². The minimum atomic E-state index is -2.74. The monoisotopic (exact) mass is 667 g/mol. The molecule has 0 amide bonds. The van der Waals surface area contributed by atoms with Crippen LogP contribution >= 0.6 is 0 Å². The summed E-state index contributed by atoms with van der Waals surface area (Å²) in [5.74, 6) is 1.90. The van der Waals surface area contributed by atoms with E-state index in [0.29, 0.717) is 0 Å². The predicted molar refractivity (Wildman–Crippen MR) is 215 cm³/mol. The molecule has 2 nitrogen and oxygen atoms in total. The second-order valence-corrected chi connectivity index (χ2v) is 16.9. The summed E-state index contributed by atoms with van der Waals surface area (Å²) in [6, 6.07) is 72.7. The summed E-state index contributed by atoms with van der Waals surface area (Å²) in [6.07, 6.45) is 0. The summed E-state index contributed by atoms with van der Waals surface area (Å²) in [5, 5.41) is 5.43. The first-order valence-electron chi connectivity index (χ1n) is 17.5. The number of benzene rings is 8. The van der Waals surface area contributed by atoms with Crippen molar-refractivity contribution in [1.29, 1.82) is 0 Å². The number of nitrogens with zero attached hydrogens (tertiary/aromatic N) is 1. The number of rotatable bonds is 5. The summed E-state index contributed by atoms with van der Waals surface area (Å²) in [4.78, 5) is 2.39. The highest BCUT2D eigenvalue weighted by molar-refractivity contribution is 7.23. The Morgan fingerprint density at radius 3 is 1.27 bits per heavy atom. The van der Waals surface area contributed by atoms with E-state index in [1.54, 1.807) is 0 Å². The number of anilines is 3. The van der Waals surface area contributed by atoms with Gasteiger partial charge in [0.2, 0.25) is 0 Å². The van der Waals surface area contributed by atoms with Crippen molar-refractivity contribution in [1.82, 2.24) is 0 Å². The average Bonchev–Trinajstić information content (AvgIpc) is 3.50. The molecule has 2 heterocycles. The first-order chi connectivity index (χ1) is 25.3. The Kier molecular flexibility index (Phi) is 6.86. The molecule has 2 aliphatic heterocycles. The molecule has 51 heavy (non-hydrogen) atoms. The van der Waals surface area contributed by atoms with Gasteiger partial charge in [-0.1, -0.05) is 152 Å². The lowest BCUT2D eigenvalue weighted by atomic mass is 10.0. The van der Waals surface area contributed by atoms with Crippen molar-refractivity contribution in [2.75, 3.05) is 4.90 Å². The SMILES string of the molecule is c1ccc(-c2ccc(N(c3ccc(-c4ccccc4)cc3)c3ccc4c(c3)[Si]3(c5ccccc5O4)c4ccccc4-c4ccccc43)cc2)cc1. The largest absolute Gasteiger partial charge is 0.458 e. The second kappa shape index (κ2) is 11.9. The Morgan fingerprint density at radius 1 is 0.314 bits per heavy atom. The number of fused-ring (bicyclic) bond motifs is 9. The minimum Gasteiger partial charge on any atom is -0.458 e. The lowest BCUT2D eigenvalue weighted by molar-refractivity contribution is 0.487. The van der Waals surface area contributed by atoms with Crippen molar-refractivity contribution < 1.29 is 4.74 Å². The van der Waals surface area contributed by atoms with Crippen LogP contribution in [0.15, 0.2) is 200 Å². The van der Waals surface area contributed by atoms with E-state index in [0.717, 1.165) is 28.6 Å². The van der Waals surface area contributed by atoms with Gasteiger partial charge < -0.3 is 9.64 Å². The van der Waals surface area contributed by atoms with Crippen LogP contribution in [0.5, 0.6) is 11.5 Å². The van der Waals surface area contributed by atoms with Gasteiger partial charge in [-0.05, 0) is 103 Å². The van der Waals surface area contributed by atoms with Gasteiger partial charge in [-0.15, -0.1) is 0 Å². The van der Waals surface area contributed by atoms with Crippen LogP contribution in [0.1, 0.15) is 0 Å². The minimum absolute atomic E-state index is 0.939. The molecular formula is C48H33NOSi. The Labute approximate surface area is 299 Å². The molecule has 0 atom stereocenters. The number of ether oxygens (including phenoxy) is 1. The fourth-order valence-electron chi connectivity index (χ4n) is 8.30. The summed E-state index contributed by atoms with van der Waals surface area (Å²) in [6.45, 7) is 0. The van der Waals surface area contributed by atoms with Gasteiger partial charge in [0, 0.05) is 17.1 Å². The van der Waals surface area contributed by atoms with Crippen molar-refractivity contribution in [2.45, 2.75) is 0 Å². The van der Waals surface area contributed by atoms with Gasteiger partial charge in [0.05, 0.1) is 0 Å². The topological polar surface area (TPSA) is 12.5 Å². The molecule has 0 aliphatic carbocycles. The van der Waals surface area contributed by atoms with Crippen LogP contribution in [-0.4, -0.2) is 8.07 Å². The summed E-state index contributed by atoms with van der Waals surface area (Å²) >= 11 is 0. The Morgan fingerprint density at radius 2 is 0.725 bits per heavy atom. The van der Waals surface area contributed by atoms with Crippen LogP contribution in [0.2, 0.25) is 0 Å². The van der Waals surface area contributed by atoms with Crippen LogP contribution in [0.25, 0.3) is 33.4 Å². The maximum Gasteiger partial charge on any atom is 0.189 e. The first kappa shape index (κ1) is 29.5. The van der Waals surface area contributed by atoms with Gasteiger partial charge in [0.15, 0.2) is 8.07 Å². The molecule has 2 aliphatic rings. The van der Waals surface area contributed by atoms with Crippen LogP contribution in [-0.2, 0) is 0 Å². The third kappa shape index (κ3) is 4.63. The van der Waals surface area contributed by atoms with Gasteiger partial charge in [-0.3, -0.25) is 0 Å². The van der Waals surface area contributed by atoms with Crippen molar-refractivity contribution in [3.05, 3.63) is 200 Å². The van der Waals surface area contributed by atoms with Crippen molar-refractivity contribution >= 4 is 45.9 Å². The highest BCUT2D eigenvalue weighted by atomic mass is 28.3. The normalized spacial score (nSPS) is 13.0. The van der Waals surface area contributed by atoms with E-state index in [4.69, 9.17) is 4.74 Å². The molecule has 0 bridgehead atoms. The van der Waals surface area contributed by atoms with Crippen LogP contribution in [0, 0.1) is 0 Å². The zero-order valence-corrected chi connectivity index (χ0v) is 28.9. The van der Waals surface area contributed by atoms with Crippen molar-refractivity contribution in [3.63, 3.8) is 0 Å². The Bertz CT molecular complexity index is 2420. The number of hydrogen-bond donors (Lipinski definition) is 0. The Hall–Kier alpha value is -6.42. The highest BCUT2D eigenvalue weighted by Gasteiger charge is 2.53. The van der Waals surface area contributed by atoms with E-state index in [2.05, 4.69) is 205 Å². The molecule has 0 fully saturated rings. The van der Waals surface area contributed by atoms with Crippen molar-refractivity contribution in [3.8, 4) is 44.9 Å². The molecule has 0 unspecified atom stereocenters. The zero-order valence-electron chi connectivity index (χ0n) is 27.9. The second-order valence-electron chi connectivity index (χ2n) is 13.3. The van der Waals surface area contributed by atoms with Gasteiger partial charge in [-0.2, -0.15) is 0 Å². The first-order valence-corrected chi connectivity index (χ1v) is 19.5. The molecule has 1 spiro atoms. The van der Waals surface area contributed by atoms with E-state index < -0.39 is 8.07 Å². The smallest absolute Gasteiger partial charge is 0.189 e. The predicted octanol–water partition coefficient (Wildman–Crippen LogP) is 9.95. The maximum absolute atomic E-state index is 6.79. The van der Waals surface area contributed by atoms with E-state index in [1.165, 1.54) is 54.1 Å². The summed E-state index contributed by atoms with van der Waals surface area (Å²) in [5.41, 5.74) is 10.8. The molecule has 8 aromatic rings. The number of para-hydroxylation sites is 1. The lowest BCUT2D eigenvalue weighted by Crippen LogP contribution is -2.74. The van der Waals surface area contributed by atoms with Gasteiger partial charge in [0.25, 0.3) is 0 Å². The summed E-state index contributed by atoms with van der Waals surface area (Å²) < 4.78 is 6.79. The molecule has 0 saturated heterocycles. The quantitative estimate of drug-likeness (QED) is 0.170.